The summed E-state index contributed by atoms with van der Waals surface area (Å²) in [6.45, 7) is 1.05. The lowest BCUT2D eigenvalue weighted by atomic mass is 9.76. The average Bonchev–Trinajstić information content (AvgIpc) is 3.56. The van der Waals surface area contributed by atoms with E-state index in [1.54, 1.807) is 27.6 Å². The van der Waals surface area contributed by atoms with Crippen LogP contribution in [0.15, 0.2) is 97.1 Å². The summed E-state index contributed by atoms with van der Waals surface area (Å²) in [6, 6.07) is 36.7. The highest BCUT2D eigenvalue weighted by atomic mass is 32.2. The van der Waals surface area contributed by atoms with Crippen molar-refractivity contribution in [3.63, 3.8) is 0 Å². The second kappa shape index (κ2) is 10.8. The van der Waals surface area contributed by atoms with E-state index in [4.69, 9.17) is 0 Å². The summed E-state index contributed by atoms with van der Waals surface area (Å²) >= 11 is 4.27. The molecule has 1 N–H and O–H groups in total. The number of hydrogen-bond acceptors (Lipinski definition) is 3. The van der Waals surface area contributed by atoms with E-state index >= 15 is 0 Å². The lowest BCUT2D eigenvalue weighted by Gasteiger charge is -2.33. The maximum absolute atomic E-state index is 3.97. The third kappa shape index (κ3) is 4.41. The molecule has 1 aliphatic heterocycles. The van der Waals surface area contributed by atoms with Crippen LogP contribution in [0.3, 0.4) is 0 Å². The van der Waals surface area contributed by atoms with Gasteiger partial charge in [-0.2, -0.15) is 0 Å². The van der Waals surface area contributed by atoms with Gasteiger partial charge in [-0.25, -0.2) is 0 Å². The highest BCUT2D eigenvalue weighted by Gasteiger charge is 2.48. The van der Waals surface area contributed by atoms with Crippen LogP contribution in [0.2, 0.25) is 0 Å². The van der Waals surface area contributed by atoms with E-state index in [-0.39, 0.29) is 5.41 Å². The summed E-state index contributed by atoms with van der Waals surface area (Å²) < 4.78 is 0.660. The van der Waals surface area contributed by atoms with Gasteiger partial charge in [0.2, 0.25) is 0 Å². The SMILES string of the molecule is c1ccc(P(c2ccccc2)c2cccc3c2[C@]2(CCc4cccc(NCC5SCCCS5)c42)CC3)cc1. The number of nitrogens with one attached hydrogen (secondary N) is 1. The van der Waals surface area contributed by atoms with Gasteiger partial charge in [-0.3, -0.25) is 0 Å². The zero-order chi connectivity index (χ0) is 25.4. The van der Waals surface area contributed by atoms with Crippen molar-refractivity contribution in [1.82, 2.24) is 0 Å². The summed E-state index contributed by atoms with van der Waals surface area (Å²) in [5, 5.41) is 8.42. The topological polar surface area (TPSA) is 12.0 Å². The Morgan fingerprint density at radius 3 is 1.95 bits per heavy atom. The van der Waals surface area contributed by atoms with Crippen molar-refractivity contribution in [3.8, 4) is 0 Å². The molecule has 7 rings (SSSR count). The van der Waals surface area contributed by atoms with Crippen LogP contribution >= 0.6 is 31.4 Å². The first-order valence-electron chi connectivity index (χ1n) is 14.0. The largest absolute Gasteiger partial charge is 0.383 e. The molecule has 0 unspecified atom stereocenters. The predicted molar refractivity (Wildman–Crippen MR) is 171 cm³/mol. The summed E-state index contributed by atoms with van der Waals surface area (Å²) in [5.41, 5.74) is 7.88. The Balaban J connectivity index is 1.35. The van der Waals surface area contributed by atoms with Gasteiger partial charge in [0.15, 0.2) is 0 Å². The van der Waals surface area contributed by atoms with Gasteiger partial charge in [-0.15, -0.1) is 23.5 Å². The number of fused-ring (bicyclic) bond motifs is 4. The molecule has 38 heavy (non-hydrogen) atoms. The van der Waals surface area contributed by atoms with Crippen LogP contribution in [-0.4, -0.2) is 22.6 Å². The summed E-state index contributed by atoms with van der Waals surface area (Å²) in [7, 11) is -0.635. The first kappa shape index (κ1) is 24.8. The number of thioether (sulfide) groups is 2. The van der Waals surface area contributed by atoms with Crippen LogP contribution in [-0.2, 0) is 18.3 Å². The van der Waals surface area contributed by atoms with Gasteiger partial charge in [0.1, 0.15) is 0 Å². The van der Waals surface area contributed by atoms with Crippen molar-refractivity contribution in [2.75, 3.05) is 23.4 Å². The van der Waals surface area contributed by atoms with Crippen molar-refractivity contribution < 1.29 is 0 Å². The molecule has 1 atom stereocenters. The molecule has 192 valence electrons. The molecule has 1 heterocycles. The van der Waals surface area contributed by atoms with Gasteiger partial charge in [-0.1, -0.05) is 91.0 Å². The van der Waals surface area contributed by atoms with Gasteiger partial charge < -0.3 is 5.32 Å². The maximum atomic E-state index is 3.97. The van der Waals surface area contributed by atoms with Crippen molar-refractivity contribution in [2.24, 2.45) is 0 Å². The molecule has 4 heteroatoms. The van der Waals surface area contributed by atoms with E-state index in [0.29, 0.717) is 4.58 Å². The van der Waals surface area contributed by atoms with Crippen molar-refractivity contribution >= 4 is 53.0 Å². The first-order valence-corrected chi connectivity index (χ1v) is 17.4. The summed E-state index contributed by atoms with van der Waals surface area (Å²) in [4.78, 5) is 0. The van der Waals surface area contributed by atoms with Crippen LogP contribution in [0, 0.1) is 0 Å². The standard InChI is InChI=1S/C34H34NPS2/c1-3-12-27(13-4-1)36(28-14-5-2-6-15-28)30-17-8-11-26-19-21-34(33(26)30)20-18-25-10-7-16-29(32(25)34)35-24-31-37-22-9-23-38-31/h1-8,10-17,31,35H,9,18-24H2/t34-/m1/s1. The first-order chi connectivity index (χ1) is 18.8. The molecule has 2 aliphatic carbocycles. The number of rotatable bonds is 6. The van der Waals surface area contributed by atoms with Crippen molar-refractivity contribution in [3.05, 3.63) is 119 Å². The molecule has 4 aromatic carbocycles. The van der Waals surface area contributed by atoms with E-state index < -0.39 is 7.92 Å². The molecule has 0 amide bonds. The lowest BCUT2D eigenvalue weighted by molar-refractivity contribution is 0.510. The molecule has 1 spiro atoms. The van der Waals surface area contributed by atoms with Crippen LogP contribution in [0.25, 0.3) is 0 Å². The van der Waals surface area contributed by atoms with E-state index in [1.165, 1.54) is 59.9 Å². The average molecular weight is 552 g/mol. The number of aryl methyl sites for hydroxylation is 2. The Hall–Kier alpha value is -2.19. The van der Waals surface area contributed by atoms with E-state index in [0.717, 1.165) is 6.54 Å². The Morgan fingerprint density at radius 1 is 0.684 bits per heavy atom. The van der Waals surface area contributed by atoms with Crippen LogP contribution in [0.1, 0.15) is 41.5 Å². The van der Waals surface area contributed by atoms with Gasteiger partial charge in [0, 0.05) is 17.6 Å². The molecule has 0 radical (unpaired) electrons. The normalized spacial score (nSPS) is 20.6. The van der Waals surface area contributed by atoms with Crippen LogP contribution in [0.4, 0.5) is 5.69 Å². The lowest BCUT2D eigenvalue weighted by Crippen LogP contribution is -2.32. The van der Waals surface area contributed by atoms with Crippen molar-refractivity contribution in [2.45, 2.75) is 42.1 Å². The maximum Gasteiger partial charge on any atom is 0.0674 e. The molecule has 0 bridgehead atoms. The minimum absolute atomic E-state index is 0.113. The molecule has 1 nitrogen and oxygen atoms in total. The molecular weight excluding hydrogens is 517 g/mol. The Kier molecular flexibility index (Phi) is 7.03. The Labute approximate surface area is 237 Å². The molecular formula is C34H34NPS2. The monoisotopic (exact) mass is 551 g/mol. The number of hydrogen-bond donors (Lipinski definition) is 1. The highest BCUT2D eigenvalue weighted by molar-refractivity contribution is 8.17. The number of anilines is 1. The zero-order valence-electron chi connectivity index (χ0n) is 21.7. The van der Waals surface area contributed by atoms with Crippen molar-refractivity contribution in [1.29, 1.82) is 0 Å². The molecule has 0 aromatic heterocycles. The molecule has 0 saturated carbocycles. The third-order valence-corrected chi connectivity index (χ3v) is 13.9. The Morgan fingerprint density at radius 2 is 1.29 bits per heavy atom. The van der Waals surface area contributed by atoms with Gasteiger partial charge >= 0.3 is 0 Å². The summed E-state index contributed by atoms with van der Waals surface area (Å²) in [5.74, 6) is 2.60. The quantitative estimate of drug-likeness (QED) is 0.254. The van der Waals surface area contributed by atoms with Crippen LogP contribution < -0.4 is 21.2 Å². The third-order valence-electron chi connectivity index (χ3n) is 8.50. The smallest absolute Gasteiger partial charge is 0.0674 e. The second-order valence-corrected chi connectivity index (χ2v) is 15.8. The fraction of sp³-hybridized carbons (Fsp3) is 0.294. The minimum atomic E-state index is -0.635. The fourth-order valence-corrected chi connectivity index (χ4v) is 12.2. The van der Waals surface area contributed by atoms with Crippen LogP contribution in [0.5, 0.6) is 0 Å². The van der Waals surface area contributed by atoms with E-state index in [1.807, 2.05) is 0 Å². The summed E-state index contributed by atoms with van der Waals surface area (Å²) in [6.07, 6.45) is 6.16. The number of benzene rings is 4. The fourth-order valence-electron chi connectivity index (χ4n) is 6.93. The van der Waals surface area contributed by atoms with E-state index in [2.05, 4.69) is 126 Å². The second-order valence-electron chi connectivity index (χ2n) is 10.6. The van der Waals surface area contributed by atoms with Gasteiger partial charge in [0.25, 0.3) is 0 Å². The molecule has 4 aromatic rings. The molecule has 3 aliphatic rings. The molecule has 1 fully saturated rings. The molecule has 1 saturated heterocycles. The van der Waals surface area contributed by atoms with Gasteiger partial charge in [-0.05, 0) is 95.8 Å². The minimum Gasteiger partial charge on any atom is -0.383 e. The predicted octanol–water partition coefficient (Wildman–Crippen LogP) is 7.23. The highest BCUT2D eigenvalue weighted by Crippen LogP contribution is 2.56. The zero-order valence-corrected chi connectivity index (χ0v) is 24.3. The van der Waals surface area contributed by atoms with E-state index in [9.17, 15) is 0 Å². The Bertz CT molecular complexity index is 1370. The van der Waals surface area contributed by atoms with Gasteiger partial charge in [0.05, 0.1) is 4.58 Å².